The summed E-state index contributed by atoms with van der Waals surface area (Å²) < 4.78 is 12.8. The van der Waals surface area contributed by atoms with Crippen molar-refractivity contribution in [3.05, 3.63) is 41.7 Å². The number of hydrogen-bond acceptors (Lipinski definition) is 5. The van der Waals surface area contributed by atoms with Crippen LogP contribution in [0.25, 0.3) is 0 Å². The van der Waals surface area contributed by atoms with Gasteiger partial charge in [0.2, 0.25) is 0 Å². The summed E-state index contributed by atoms with van der Waals surface area (Å²) in [6.45, 7) is 4.31. The van der Waals surface area contributed by atoms with Gasteiger partial charge in [-0.1, -0.05) is 0 Å². The van der Waals surface area contributed by atoms with Gasteiger partial charge in [-0.25, -0.2) is 9.37 Å². The maximum Gasteiger partial charge on any atom is 0.191 e. The number of anilines is 1. The topological polar surface area (TPSA) is 57.8 Å². The first-order valence-corrected chi connectivity index (χ1v) is 10.2. The number of benzene rings is 1. The van der Waals surface area contributed by atoms with Gasteiger partial charge in [0, 0.05) is 49.2 Å². The van der Waals surface area contributed by atoms with E-state index in [1.54, 1.807) is 35.2 Å². The summed E-state index contributed by atoms with van der Waals surface area (Å²) in [7, 11) is 0. The van der Waals surface area contributed by atoms with Gasteiger partial charge in [-0.15, -0.1) is 23.1 Å². The molecule has 1 saturated heterocycles. The molecule has 0 unspecified atom stereocenters. The van der Waals surface area contributed by atoms with Crippen LogP contribution in [0.4, 0.5) is 9.52 Å². The quantitative estimate of drug-likeness (QED) is 0.362. The van der Waals surface area contributed by atoms with Crippen LogP contribution in [0.2, 0.25) is 0 Å². The lowest BCUT2D eigenvalue weighted by molar-refractivity contribution is 0.380. The van der Waals surface area contributed by atoms with Gasteiger partial charge in [-0.2, -0.15) is 0 Å². The molecule has 1 aliphatic heterocycles. The molecule has 1 aromatic carbocycles. The predicted molar refractivity (Wildman–Crippen MR) is 104 cm³/mol. The van der Waals surface area contributed by atoms with E-state index < -0.39 is 0 Å². The van der Waals surface area contributed by atoms with Gasteiger partial charge in [0.15, 0.2) is 11.1 Å². The average Bonchev–Trinajstić information content (AvgIpc) is 3.18. The van der Waals surface area contributed by atoms with Gasteiger partial charge in [0.05, 0.1) is 0 Å². The lowest BCUT2D eigenvalue weighted by Gasteiger charge is -2.35. The third-order valence-electron chi connectivity index (χ3n) is 3.95. The second-order valence-electron chi connectivity index (χ2n) is 5.68. The number of nitrogens with two attached hydrogens (primary N) is 1. The summed E-state index contributed by atoms with van der Waals surface area (Å²) >= 11 is 3.38. The number of piperazine rings is 1. The van der Waals surface area contributed by atoms with Crippen molar-refractivity contribution < 1.29 is 4.39 Å². The van der Waals surface area contributed by atoms with E-state index in [-0.39, 0.29) is 5.82 Å². The fourth-order valence-corrected chi connectivity index (χ4v) is 4.11. The lowest BCUT2D eigenvalue weighted by Crippen LogP contribution is -2.51. The van der Waals surface area contributed by atoms with Gasteiger partial charge in [-0.05, 0) is 36.4 Å². The van der Waals surface area contributed by atoms with Crippen molar-refractivity contribution in [3.8, 4) is 0 Å². The summed E-state index contributed by atoms with van der Waals surface area (Å²) in [4.78, 5) is 14.3. The Balaban J connectivity index is 1.35. The molecule has 2 heterocycles. The highest BCUT2D eigenvalue weighted by Crippen LogP contribution is 2.19. The number of thiazole rings is 1. The minimum absolute atomic E-state index is 0.198. The van der Waals surface area contributed by atoms with E-state index in [2.05, 4.69) is 19.8 Å². The molecule has 134 valence electrons. The third-order valence-corrected chi connectivity index (χ3v) is 5.88. The lowest BCUT2D eigenvalue weighted by atomic mass is 10.3. The number of aromatic nitrogens is 1. The van der Waals surface area contributed by atoms with Crippen LogP contribution < -0.4 is 10.6 Å². The van der Waals surface area contributed by atoms with Crippen LogP contribution in [0.15, 0.2) is 45.7 Å². The zero-order chi connectivity index (χ0) is 17.5. The molecule has 1 aliphatic rings. The maximum absolute atomic E-state index is 12.8. The number of hydrogen-bond donors (Lipinski definition) is 1. The first kappa shape index (κ1) is 18.0. The van der Waals surface area contributed by atoms with E-state index in [9.17, 15) is 4.39 Å². The molecular weight excluding hydrogens is 357 g/mol. The molecule has 25 heavy (non-hydrogen) atoms. The summed E-state index contributed by atoms with van der Waals surface area (Å²) in [6.07, 6.45) is 2.79. The molecule has 2 N–H and O–H groups in total. The average molecular weight is 380 g/mol. The molecule has 8 heteroatoms. The third kappa shape index (κ3) is 5.34. The van der Waals surface area contributed by atoms with Gasteiger partial charge in [0.1, 0.15) is 5.82 Å². The van der Waals surface area contributed by atoms with Crippen molar-refractivity contribution in [1.82, 2.24) is 9.88 Å². The highest BCUT2D eigenvalue weighted by molar-refractivity contribution is 7.99. The van der Waals surface area contributed by atoms with Crippen LogP contribution >= 0.6 is 23.1 Å². The standard InChI is InChI=1S/C17H22FN5S2/c18-14-2-4-15(5-3-14)24-12-1-6-20-16(19)22-8-10-23(11-9-22)17-21-7-13-25-17/h2-5,7,13H,1,6,8-12H2,(H2,19,20). The Morgan fingerprint density at radius 3 is 2.68 bits per heavy atom. The summed E-state index contributed by atoms with van der Waals surface area (Å²) in [5, 5.41) is 3.08. The first-order valence-electron chi connectivity index (χ1n) is 8.30. The normalized spacial score (nSPS) is 15.6. The number of halogens is 1. The minimum atomic E-state index is -0.198. The number of guanidine groups is 1. The van der Waals surface area contributed by atoms with Gasteiger partial charge in [-0.3, -0.25) is 4.99 Å². The summed E-state index contributed by atoms with van der Waals surface area (Å²) in [5.74, 6) is 1.38. The van der Waals surface area contributed by atoms with Crippen molar-refractivity contribution in [2.75, 3.05) is 43.4 Å². The Morgan fingerprint density at radius 1 is 1.24 bits per heavy atom. The van der Waals surface area contributed by atoms with E-state index in [0.717, 1.165) is 48.4 Å². The van der Waals surface area contributed by atoms with Gasteiger partial charge < -0.3 is 15.5 Å². The van der Waals surface area contributed by atoms with E-state index in [4.69, 9.17) is 5.73 Å². The van der Waals surface area contributed by atoms with Crippen LogP contribution in [0, 0.1) is 5.82 Å². The Kier molecular flexibility index (Phi) is 6.52. The molecule has 1 aromatic heterocycles. The second-order valence-corrected chi connectivity index (χ2v) is 7.73. The minimum Gasteiger partial charge on any atom is -0.370 e. The van der Waals surface area contributed by atoms with E-state index in [1.807, 2.05) is 11.6 Å². The van der Waals surface area contributed by atoms with E-state index in [1.165, 1.54) is 12.1 Å². The molecular formula is C17H22FN5S2. The Bertz CT molecular complexity index is 667. The van der Waals surface area contributed by atoms with Gasteiger partial charge in [0.25, 0.3) is 0 Å². The molecule has 5 nitrogen and oxygen atoms in total. The molecule has 1 fully saturated rings. The second kappa shape index (κ2) is 9.05. The number of nitrogens with zero attached hydrogens (tertiary/aromatic N) is 4. The van der Waals surface area contributed by atoms with Crippen LogP contribution in [0.3, 0.4) is 0 Å². The Morgan fingerprint density at radius 2 is 2.00 bits per heavy atom. The van der Waals surface area contributed by atoms with Crippen LogP contribution in [-0.2, 0) is 0 Å². The van der Waals surface area contributed by atoms with E-state index in [0.29, 0.717) is 12.5 Å². The molecule has 0 atom stereocenters. The largest absolute Gasteiger partial charge is 0.370 e. The SMILES string of the molecule is NC(=NCCCSc1ccc(F)cc1)N1CCN(c2nccs2)CC1. The van der Waals surface area contributed by atoms with Crippen molar-refractivity contribution in [1.29, 1.82) is 0 Å². The van der Waals surface area contributed by atoms with Crippen LogP contribution in [-0.4, -0.2) is 54.3 Å². The monoisotopic (exact) mass is 379 g/mol. The molecule has 0 spiro atoms. The smallest absolute Gasteiger partial charge is 0.191 e. The van der Waals surface area contributed by atoms with Crippen molar-refractivity contribution in [2.45, 2.75) is 11.3 Å². The summed E-state index contributed by atoms with van der Waals surface area (Å²) in [5.41, 5.74) is 6.12. The molecule has 0 radical (unpaired) electrons. The van der Waals surface area contributed by atoms with Crippen LogP contribution in [0.5, 0.6) is 0 Å². The highest BCUT2D eigenvalue weighted by atomic mass is 32.2. The Hall–Kier alpha value is -1.80. The van der Waals surface area contributed by atoms with E-state index >= 15 is 0 Å². The van der Waals surface area contributed by atoms with Crippen molar-refractivity contribution in [3.63, 3.8) is 0 Å². The summed E-state index contributed by atoms with van der Waals surface area (Å²) in [6, 6.07) is 6.59. The Labute approximate surface area is 155 Å². The first-order chi connectivity index (χ1) is 12.2. The maximum atomic E-state index is 12.8. The zero-order valence-electron chi connectivity index (χ0n) is 14.0. The molecule has 0 aliphatic carbocycles. The molecule has 2 aromatic rings. The molecule has 0 amide bonds. The highest BCUT2D eigenvalue weighted by Gasteiger charge is 2.19. The fourth-order valence-electron chi connectivity index (χ4n) is 2.58. The number of aliphatic imine (C=N–C) groups is 1. The van der Waals surface area contributed by atoms with Crippen molar-refractivity contribution in [2.24, 2.45) is 10.7 Å². The van der Waals surface area contributed by atoms with Crippen molar-refractivity contribution >= 4 is 34.2 Å². The van der Waals surface area contributed by atoms with Gasteiger partial charge >= 0.3 is 0 Å². The fraction of sp³-hybridized carbons (Fsp3) is 0.412. The zero-order valence-corrected chi connectivity index (χ0v) is 15.6. The number of thioether (sulfide) groups is 1. The number of rotatable bonds is 6. The molecule has 0 bridgehead atoms. The molecule has 3 rings (SSSR count). The predicted octanol–water partition coefficient (Wildman–Crippen LogP) is 2.90. The molecule has 0 saturated carbocycles. The van der Waals surface area contributed by atoms with Crippen LogP contribution in [0.1, 0.15) is 6.42 Å².